The Kier molecular flexibility index (Phi) is 4.15. The van der Waals surface area contributed by atoms with Gasteiger partial charge in [0, 0.05) is 20.1 Å². The largest absolute Gasteiger partial charge is 0.385 e. The van der Waals surface area contributed by atoms with Gasteiger partial charge in [-0.1, -0.05) is 11.8 Å². The van der Waals surface area contributed by atoms with Crippen molar-refractivity contribution in [2.24, 2.45) is 0 Å². The molecule has 0 aliphatic heterocycles. The van der Waals surface area contributed by atoms with E-state index >= 15 is 0 Å². The standard InChI is InChI=1S/C12H20O3/c1-11(13,9-10-15-2)7-8-12(14)5-3-4-6-12/h13-14H,3-6,9-10H2,1-2H3. The Hall–Kier alpha value is -0.560. The molecule has 3 heteroatoms. The minimum absolute atomic E-state index is 0.465. The number of hydrogen-bond acceptors (Lipinski definition) is 3. The van der Waals surface area contributed by atoms with Gasteiger partial charge >= 0.3 is 0 Å². The second-order valence-electron chi connectivity index (χ2n) is 4.51. The van der Waals surface area contributed by atoms with Crippen LogP contribution in [0, 0.1) is 11.8 Å². The van der Waals surface area contributed by atoms with Crippen molar-refractivity contribution in [3.05, 3.63) is 0 Å². The fourth-order valence-electron chi connectivity index (χ4n) is 1.70. The van der Waals surface area contributed by atoms with Crippen LogP contribution in [0.1, 0.15) is 39.0 Å². The van der Waals surface area contributed by atoms with Crippen LogP contribution in [0.4, 0.5) is 0 Å². The molecule has 0 amide bonds. The molecule has 0 spiro atoms. The summed E-state index contributed by atoms with van der Waals surface area (Å²) < 4.78 is 4.88. The molecule has 1 atom stereocenters. The first-order valence-electron chi connectivity index (χ1n) is 5.45. The molecule has 15 heavy (non-hydrogen) atoms. The summed E-state index contributed by atoms with van der Waals surface area (Å²) in [5.74, 6) is 5.56. The second-order valence-corrected chi connectivity index (χ2v) is 4.51. The molecule has 1 unspecified atom stereocenters. The van der Waals surface area contributed by atoms with Gasteiger partial charge in [-0.3, -0.25) is 0 Å². The first-order valence-corrected chi connectivity index (χ1v) is 5.45. The quantitative estimate of drug-likeness (QED) is 0.688. The lowest BCUT2D eigenvalue weighted by molar-refractivity contribution is 0.0701. The highest BCUT2D eigenvalue weighted by Crippen LogP contribution is 2.28. The summed E-state index contributed by atoms with van der Waals surface area (Å²) in [5.41, 5.74) is -1.93. The van der Waals surface area contributed by atoms with Crippen LogP contribution in [-0.4, -0.2) is 35.1 Å². The van der Waals surface area contributed by atoms with Crippen molar-refractivity contribution in [2.75, 3.05) is 13.7 Å². The fraction of sp³-hybridized carbons (Fsp3) is 0.833. The lowest BCUT2D eigenvalue weighted by Crippen LogP contribution is -2.27. The molecule has 3 nitrogen and oxygen atoms in total. The molecule has 0 radical (unpaired) electrons. The summed E-state index contributed by atoms with van der Waals surface area (Å²) in [6.07, 6.45) is 3.95. The molecule has 0 bridgehead atoms. The first kappa shape index (κ1) is 12.5. The van der Waals surface area contributed by atoms with Crippen LogP contribution in [0.2, 0.25) is 0 Å². The average molecular weight is 212 g/mol. The summed E-state index contributed by atoms with van der Waals surface area (Å²) >= 11 is 0. The van der Waals surface area contributed by atoms with Gasteiger partial charge in [-0.05, 0) is 32.6 Å². The molecular weight excluding hydrogens is 192 g/mol. The van der Waals surface area contributed by atoms with Gasteiger partial charge in [0.15, 0.2) is 0 Å². The summed E-state index contributed by atoms with van der Waals surface area (Å²) in [5, 5.41) is 19.8. The van der Waals surface area contributed by atoms with Gasteiger partial charge in [-0.25, -0.2) is 0 Å². The molecule has 2 N–H and O–H groups in total. The SMILES string of the molecule is COCCC(C)(O)C#CC1(O)CCCC1. The summed E-state index contributed by atoms with van der Waals surface area (Å²) in [6, 6.07) is 0. The van der Waals surface area contributed by atoms with E-state index in [0.29, 0.717) is 13.0 Å². The highest BCUT2D eigenvalue weighted by molar-refractivity contribution is 5.21. The van der Waals surface area contributed by atoms with Gasteiger partial charge in [0.25, 0.3) is 0 Å². The van der Waals surface area contributed by atoms with Gasteiger partial charge in [0.1, 0.15) is 11.2 Å². The van der Waals surface area contributed by atoms with Crippen molar-refractivity contribution < 1.29 is 14.9 Å². The number of methoxy groups -OCH3 is 1. The lowest BCUT2D eigenvalue weighted by atomic mass is 9.98. The van der Waals surface area contributed by atoms with E-state index in [1.54, 1.807) is 14.0 Å². The van der Waals surface area contributed by atoms with Crippen molar-refractivity contribution in [3.8, 4) is 11.8 Å². The molecule has 1 fully saturated rings. The molecule has 86 valence electrons. The average Bonchev–Trinajstić information content (AvgIpc) is 2.61. The number of hydrogen-bond donors (Lipinski definition) is 2. The summed E-state index contributed by atoms with van der Waals surface area (Å²) in [7, 11) is 1.59. The first-order chi connectivity index (χ1) is 6.97. The Morgan fingerprint density at radius 2 is 2.00 bits per heavy atom. The maximum atomic E-state index is 9.96. The Bertz CT molecular complexity index is 254. The van der Waals surface area contributed by atoms with Gasteiger partial charge in [-0.15, -0.1) is 0 Å². The van der Waals surface area contributed by atoms with E-state index in [-0.39, 0.29) is 0 Å². The van der Waals surface area contributed by atoms with E-state index in [9.17, 15) is 10.2 Å². The molecule has 0 aromatic carbocycles. The van der Waals surface area contributed by atoms with Crippen molar-refractivity contribution in [3.63, 3.8) is 0 Å². The zero-order chi connectivity index (χ0) is 11.4. The molecule has 0 aromatic rings. The number of aliphatic hydroxyl groups is 2. The third kappa shape index (κ3) is 4.21. The van der Waals surface area contributed by atoms with Crippen LogP contribution in [-0.2, 0) is 4.74 Å². The van der Waals surface area contributed by atoms with Crippen LogP contribution < -0.4 is 0 Å². The molecule has 0 aromatic heterocycles. The van der Waals surface area contributed by atoms with Crippen LogP contribution >= 0.6 is 0 Å². The minimum atomic E-state index is -1.06. The van der Waals surface area contributed by atoms with Gasteiger partial charge in [-0.2, -0.15) is 0 Å². The minimum Gasteiger partial charge on any atom is -0.385 e. The normalized spacial score (nSPS) is 22.9. The highest BCUT2D eigenvalue weighted by Gasteiger charge is 2.29. The van der Waals surface area contributed by atoms with Crippen LogP contribution in [0.25, 0.3) is 0 Å². The third-order valence-corrected chi connectivity index (χ3v) is 2.79. The van der Waals surface area contributed by atoms with E-state index in [1.807, 2.05) is 0 Å². The molecule has 1 aliphatic rings. The van der Waals surface area contributed by atoms with E-state index in [4.69, 9.17) is 4.74 Å². The van der Waals surface area contributed by atoms with Gasteiger partial charge < -0.3 is 14.9 Å². The van der Waals surface area contributed by atoms with Crippen molar-refractivity contribution in [1.29, 1.82) is 0 Å². The maximum Gasteiger partial charge on any atom is 0.125 e. The molecule has 1 aliphatic carbocycles. The summed E-state index contributed by atoms with van der Waals surface area (Å²) in [4.78, 5) is 0. The topological polar surface area (TPSA) is 49.7 Å². The van der Waals surface area contributed by atoms with Crippen LogP contribution in [0.3, 0.4) is 0 Å². The Balaban J connectivity index is 2.54. The van der Waals surface area contributed by atoms with Crippen molar-refractivity contribution >= 4 is 0 Å². The predicted molar refractivity (Wildman–Crippen MR) is 58.3 cm³/mol. The summed E-state index contributed by atoms with van der Waals surface area (Å²) in [6.45, 7) is 2.12. The van der Waals surface area contributed by atoms with E-state index < -0.39 is 11.2 Å². The molecular formula is C12H20O3. The molecule has 1 saturated carbocycles. The zero-order valence-corrected chi connectivity index (χ0v) is 9.55. The van der Waals surface area contributed by atoms with E-state index in [0.717, 1.165) is 25.7 Å². The van der Waals surface area contributed by atoms with Crippen LogP contribution in [0.5, 0.6) is 0 Å². The Morgan fingerprint density at radius 3 is 2.53 bits per heavy atom. The highest BCUT2D eigenvalue weighted by atomic mass is 16.5. The van der Waals surface area contributed by atoms with Crippen molar-refractivity contribution in [1.82, 2.24) is 0 Å². The van der Waals surface area contributed by atoms with Gasteiger partial charge in [0.05, 0.1) is 0 Å². The number of rotatable bonds is 3. The van der Waals surface area contributed by atoms with E-state index in [2.05, 4.69) is 11.8 Å². The molecule has 0 heterocycles. The second kappa shape index (κ2) is 4.98. The molecule has 1 rings (SSSR count). The Labute approximate surface area is 91.4 Å². The van der Waals surface area contributed by atoms with E-state index in [1.165, 1.54) is 0 Å². The van der Waals surface area contributed by atoms with Crippen LogP contribution in [0.15, 0.2) is 0 Å². The number of ether oxygens (including phenoxy) is 1. The van der Waals surface area contributed by atoms with Crippen molar-refractivity contribution in [2.45, 2.75) is 50.2 Å². The lowest BCUT2D eigenvalue weighted by Gasteiger charge is -2.18. The monoisotopic (exact) mass is 212 g/mol. The molecule has 0 saturated heterocycles. The van der Waals surface area contributed by atoms with Gasteiger partial charge in [0.2, 0.25) is 0 Å². The zero-order valence-electron chi connectivity index (χ0n) is 9.55. The third-order valence-electron chi connectivity index (χ3n) is 2.79. The smallest absolute Gasteiger partial charge is 0.125 e. The predicted octanol–water partition coefficient (Wildman–Crippen LogP) is 1.08. The Morgan fingerprint density at radius 1 is 1.40 bits per heavy atom. The fourth-order valence-corrected chi connectivity index (χ4v) is 1.70. The maximum absolute atomic E-state index is 9.96.